The van der Waals surface area contributed by atoms with Crippen molar-refractivity contribution in [1.82, 2.24) is 10.2 Å². The molecule has 1 aliphatic rings. The zero-order valence-corrected chi connectivity index (χ0v) is 20.9. The first-order valence-corrected chi connectivity index (χ1v) is 13.3. The summed E-state index contributed by atoms with van der Waals surface area (Å²) in [5.74, 6) is -0.0167. The molecule has 2 aromatic heterocycles. The number of benzene rings is 2. The number of para-hydroxylation sites is 1. The van der Waals surface area contributed by atoms with Gasteiger partial charge in [-0.05, 0) is 67.6 Å². The maximum atomic E-state index is 13.2. The van der Waals surface area contributed by atoms with Gasteiger partial charge in [-0.2, -0.15) is 0 Å². The molecule has 2 N–H and O–H groups in total. The maximum absolute atomic E-state index is 13.2. The van der Waals surface area contributed by atoms with E-state index in [2.05, 4.69) is 20.8 Å². The number of halogens is 1. The molecule has 2 aromatic carbocycles. The first-order valence-electron chi connectivity index (χ1n) is 11.1. The lowest BCUT2D eigenvalue weighted by atomic mass is 9.95. The Labute approximate surface area is 215 Å². The Hall–Kier alpha value is -3.14. The zero-order valence-electron chi connectivity index (χ0n) is 18.5. The molecule has 0 atom stereocenters. The van der Waals surface area contributed by atoms with Gasteiger partial charge in [0.25, 0.3) is 11.1 Å². The molecule has 35 heavy (non-hydrogen) atoms. The minimum atomic E-state index is -0.242. The SMILES string of the molecule is O=C(CSc1nnc(-c2ccc(Cl)cc2)o1)Nc1sc2c(c1C(=O)Nc1ccccc1)CCCC2. The molecule has 0 bridgehead atoms. The van der Waals surface area contributed by atoms with E-state index in [0.717, 1.165) is 48.6 Å². The summed E-state index contributed by atoms with van der Waals surface area (Å²) in [4.78, 5) is 27.1. The molecule has 0 unspecified atom stereocenters. The predicted molar refractivity (Wildman–Crippen MR) is 139 cm³/mol. The van der Waals surface area contributed by atoms with Crippen LogP contribution in [0.5, 0.6) is 0 Å². The number of nitrogens with one attached hydrogen (secondary N) is 2. The minimum absolute atomic E-state index is 0.0740. The van der Waals surface area contributed by atoms with Crippen molar-refractivity contribution in [3.63, 3.8) is 0 Å². The fraction of sp³-hybridized carbons (Fsp3) is 0.200. The summed E-state index contributed by atoms with van der Waals surface area (Å²) in [6.45, 7) is 0. The Morgan fingerprint density at radius 3 is 2.57 bits per heavy atom. The summed E-state index contributed by atoms with van der Waals surface area (Å²) in [5.41, 5.74) is 3.07. The summed E-state index contributed by atoms with van der Waals surface area (Å²) < 4.78 is 5.66. The highest BCUT2D eigenvalue weighted by Crippen LogP contribution is 2.38. The van der Waals surface area contributed by atoms with Crippen molar-refractivity contribution < 1.29 is 14.0 Å². The first-order chi connectivity index (χ1) is 17.1. The number of anilines is 2. The van der Waals surface area contributed by atoms with Gasteiger partial charge in [0, 0.05) is 21.2 Å². The second-order valence-electron chi connectivity index (χ2n) is 7.95. The van der Waals surface area contributed by atoms with E-state index in [1.165, 1.54) is 16.2 Å². The van der Waals surface area contributed by atoms with Gasteiger partial charge in [0.1, 0.15) is 5.00 Å². The molecular weight excluding hydrogens is 504 g/mol. The molecule has 2 amide bonds. The normalized spacial score (nSPS) is 12.7. The molecule has 7 nitrogen and oxygen atoms in total. The van der Waals surface area contributed by atoms with Crippen LogP contribution in [0.3, 0.4) is 0 Å². The van der Waals surface area contributed by atoms with Crippen molar-refractivity contribution in [3.05, 3.63) is 75.6 Å². The second kappa shape index (κ2) is 10.6. The van der Waals surface area contributed by atoms with Crippen LogP contribution >= 0.6 is 34.7 Å². The van der Waals surface area contributed by atoms with Crippen molar-refractivity contribution >= 4 is 57.2 Å². The number of rotatable bonds is 7. The van der Waals surface area contributed by atoms with Crippen molar-refractivity contribution in [3.8, 4) is 11.5 Å². The number of aromatic nitrogens is 2. The van der Waals surface area contributed by atoms with Crippen LogP contribution in [0, 0.1) is 0 Å². The van der Waals surface area contributed by atoms with Gasteiger partial charge in [0.15, 0.2) is 0 Å². The summed E-state index contributed by atoms with van der Waals surface area (Å²) in [5, 5.41) is 15.4. The smallest absolute Gasteiger partial charge is 0.277 e. The number of amides is 2. The summed E-state index contributed by atoms with van der Waals surface area (Å²) in [6.07, 6.45) is 3.88. The number of carbonyl (C=O) groups is 2. The molecular formula is C25H21ClN4O3S2. The summed E-state index contributed by atoms with van der Waals surface area (Å²) in [7, 11) is 0. The van der Waals surface area contributed by atoms with Crippen LogP contribution in [0.2, 0.25) is 5.02 Å². The lowest BCUT2D eigenvalue weighted by Crippen LogP contribution is -2.19. The summed E-state index contributed by atoms with van der Waals surface area (Å²) >= 11 is 8.55. The number of hydrogen-bond donors (Lipinski definition) is 2. The highest BCUT2D eigenvalue weighted by molar-refractivity contribution is 7.99. The van der Waals surface area contributed by atoms with Crippen LogP contribution in [0.4, 0.5) is 10.7 Å². The lowest BCUT2D eigenvalue weighted by molar-refractivity contribution is -0.113. The van der Waals surface area contributed by atoms with E-state index >= 15 is 0 Å². The highest BCUT2D eigenvalue weighted by atomic mass is 35.5. The highest BCUT2D eigenvalue weighted by Gasteiger charge is 2.26. The van der Waals surface area contributed by atoms with Crippen molar-refractivity contribution in [2.24, 2.45) is 0 Å². The Kier molecular flexibility index (Phi) is 7.17. The Balaban J connectivity index is 1.27. The molecule has 5 rings (SSSR count). The number of nitrogens with zero attached hydrogens (tertiary/aromatic N) is 2. The van der Waals surface area contributed by atoms with Crippen molar-refractivity contribution in [2.75, 3.05) is 16.4 Å². The molecule has 0 fully saturated rings. The van der Waals surface area contributed by atoms with E-state index in [0.29, 0.717) is 27.2 Å². The van der Waals surface area contributed by atoms with E-state index in [9.17, 15) is 9.59 Å². The average Bonchev–Trinajstić information content (AvgIpc) is 3.48. The van der Waals surface area contributed by atoms with E-state index in [1.807, 2.05) is 30.3 Å². The van der Waals surface area contributed by atoms with Gasteiger partial charge in [0.2, 0.25) is 11.8 Å². The fourth-order valence-corrected chi connectivity index (χ4v) is 5.87. The molecule has 1 aliphatic carbocycles. The fourth-order valence-electron chi connectivity index (χ4n) is 3.88. The van der Waals surface area contributed by atoms with Gasteiger partial charge in [-0.25, -0.2) is 0 Å². The first kappa shape index (κ1) is 23.6. The quantitative estimate of drug-likeness (QED) is 0.275. The van der Waals surface area contributed by atoms with Crippen LogP contribution in [0.25, 0.3) is 11.5 Å². The van der Waals surface area contributed by atoms with Gasteiger partial charge in [-0.15, -0.1) is 21.5 Å². The molecule has 0 aliphatic heterocycles. The standard InChI is InChI=1S/C25H21ClN4O3S2/c26-16-12-10-15(11-13-16)23-29-30-25(33-23)34-14-20(31)28-24-21(18-8-4-5-9-19(18)35-24)22(32)27-17-6-2-1-3-7-17/h1-3,6-7,10-13H,4-5,8-9,14H2,(H,27,32)(H,28,31). The number of aryl methyl sites for hydroxylation is 1. The van der Waals surface area contributed by atoms with E-state index in [1.54, 1.807) is 24.3 Å². The maximum Gasteiger partial charge on any atom is 0.277 e. The average molecular weight is 525 g/mol. The minimum Gasteiger partial charge on any atom is -0.411 e. The van der Waals surface area contributed by atoms with Crippen LogP contribution in [-0.2, 0) is 17.6 Å². The predicted octanol–water partition coefficient (Wildman–Crippen LogP) is 6.31. The Bertz CT molecular complexity index is 1350. The van der Waals surface area contributed by atoms with Gasteiger partial charge in [0.05, 0.1) is 11.3 Å². The van der Waals surface area contributed by atoms with E-state index < -0.39 is 0 Å². The van der Waals surface area contributed by atoms with Crippen molar-refractivity contribution in [1.29, 1.82) is 0 Å². The van der Waals surface area contributed by atoms with Crippen LogP contribution in [0.1, 0.15) is 33.6 Å². The number of fused-ring (bicyclic) bond motifs is 1. The van der Waals surface area contributed by atoms with Gasteiger partial charge < -0.3 is 15.1 Å². The van der Waals surface area contributed by atoms with E-state index in [4.69, 9.17) is 16.0 Å². The largest absolute Gasteiger partial charge is 0.411 e. The number of thiophene rings is 1. The third-order valence-corrected chi connectivity index (χ3v) is 7.79. The number of hydrogen-bond acceptors (Lipinski definition) is 7. The van der Waals surface area contributed by atoms with Gasteiger partial charge in [-0.3, -0.25) is 9.59 Å². The van der Waals surface area contributed by atoms with Crippen molar-refractivity contribution in [2.45, 2.75) is 30.9 Å². The van der Waals surface area contributed by atoms with Crippen LogP contribution in [0.15, 0.2) is 64.2 Å². The monoisotopic (exact) mass is 524 g/mol. The molecule has 10 heteroatoms. The molecule has 0 spiro atoms. The molecule has 0 saturated heterocycles. The second-order valence-corrected chi connectivity index (χ2v) is 10.4. The molecule has 2 heterocycles. The topological polar surface area (TPSA) is 97.1 Å². The Morgan fingerprint density at radius 1 is 1.00 bits per heavy atom. The van der Waals surface area contributed by atoms with E-state index in [-0.39, 0.29) is 22.8 Å². The van der Waals surface area contributed by atoms with Crippen LogP contribution in [-0.4, -0.2) is 27.8 Å². The Morgan fingerprint density at radius 2 is 1.77 bits per heavy atom. The van der Waals surface area contributed by atoms with Gasteiger partial charge in [-0.1, -0.05) is 41.6 Å². The lowest BCUT2D eigenvalue weighted by Gasteiger charge is -2.13. The van der Waals surface area contributed by atoms with Gasteiger partial charge >= 0.3 is 0 Å². The third kappa shape index (κ3) is 5.58. The molecule has 178 valence electrons. The third-order valence-electron chi connectivity index (χ3n) is 5.51. The molecule has 0 saturated carbocycles. The van der Waals surface area contributed by atoms with Crippen LogP contribution < -0.4 is 10.6 Å². The zero-order chi connectivity index (χ0) is 24.2. The molecule has 4 aromatic rings. The molecule has 0 radical (unpaired) electrons. The number of carbonyl (C=O) groups excluding carboxylic acids is 2. The number of thioether (sulfide) groups is 1. The summed E-state index contributed by atoms with van der Waals surface area (Å²) in [6, 6.07) is 16.4.